The summed E-state index contributed by atoms with van der Waals surface area (Å²) in [5.41, 5.74) is 11.0. The van der Waals surface area contributed by atoms with Crippen LogP contribution in [0.25, 0.3) is 33.4 Å². The Labute approximate surface area is 168 Å². The van der Waals surface area contributed by atoms with Crippen LogP contribution < -0.4 is 11.1 Å². The van der Waals surface area contributed by atoms with E-state index in [-0.39, 0.29) is 0 Å². The summed E-state index contributed by atoms with van der Waals surface area (Å²) >= 11 is 1.75. The van der Waals surface area contributed by atoms with Crippen LogP contribution in [-0.2, 0) is 0 Å². The van der Waals surface area contributed by atoms with Gasteiger partial charge in [-0.2, -0.15) is 0 Å². The van der Waals surface area contributed by atoms with Gasteiger partial charge >= 0.3 is 0 Å². The molecule has 0 saturated carbocycles. The maximum Gasteiger partial charge on any atom is 0.163 e. The number of anilines is 2. The molecular formula is C22H21N5S. The van der Waals surface area contributed by atoms with E-state index >= 15 is 0 Å². The van der Waals surface area contributed by atoms with Crippen molar-refractivity contribution in [2.24, 2.45) is 0 Å². The molecule has 2 aromatic heterocycles. The Kier molecular flexibility index (Phi) is 5.12. The lowest BCUT2D eigenvalue weighted by molar-refractivity contribution is 1.20. The largest absolute Gasteiger partial charge is 0.398 e. The van der Waals surface area contributed by atoms with Crippen LogP contribution in [0, 0.1) is 0 Å². The van der Waals surface area contributed by atoms with Gasteiger partial charge in [0.1, 0.15) is 5.82 Å². The zero-order chi connectivity index (χ0) is 19.5. The van der Waals surface area contributed by atoms with Crippen molar-refractivity contribution in [1.82, 2.24) is 15.0 Å². The van der Waals surface area contributed by atoms with Gasteiger partial charge in [0.05, 0.1) is 5.52 Å². The van der Waals surface area contributed by atoms with Crippen LogP contribution >= 0.6 is 11.8 Å². The highest BCUT2D eigenvalue weighted by molar-refractivity contribution is 7.99. The second-order valence-corrected chi connectivity index (χ2v) is 7.61. The molecule has 2 heterocycles. The van der Waals surface area contributed by atoms with Gasteiger partial charge in [-0.15, -0.1) is 11.8 Å². The summed E-state index contributed by atoms with van der Waals surface area (Å²) in [6.07, 6.45) is 3.51. The van der Waals surface area contributed by atoms with Gasteiger partial charge in [-0.25, -0.2) is 9.97 Å². The fourth-order valence-electron chi connectivity index (χ4n) is 3.14. The highest BCUT2D eigenvalue weighted by Gasteiger charge is 2.11. The predicted molar refractivity (Wildman–Crippen MR) is 119 cm³/mol. The van der Waals surface area contributed by atoms with Crippen LogP contribution in [0.3, 0.4) is 0 Å². The van der Waals surface area contributed by atoms with Crippen molar-refractivity contribution in [3.05, 3.63) is 60.9 Å². The molecule has 4 rings (SSSR count). The van der Waals surface area contributed by atoms with Crippen molar-refractivity contribution in [2.75, 3.05) is 23.9 Å². The van der Waals surface area contributed by atoms with E-state index in [0.717, 1.165) is 49.7 Å². The predicted octanol–water partition coefficient (Wildman–Crippen LogP) is 5.09. The van der Waals surface area contributed by atoms with Crippen LogP contribution in [0.15, 0.2) is 65.8 Å². The summed E-state index contributed by atoms with van der Waals surface area (Å²) in [7, 11) is 1.87. The normalized spacial score (nSPS) is 10.9. The summed E-state index contributed by atoms with van der Waals surface area (Å²) in [6.45, 7) is 2.13. The number of nitrogens with one attached hydrogen (secondary N) is 1. The number of hydrogen-bond donors (Lipinski definition) is 2. The third kappa shape index (κ3) is 3.51. The summed E-state index contributed by atoms with van der Waals surface area (Å²) in [5.74, 6) is 2.45. The fourth-order valence-corrected chi connectivity index (χ4v) is 3.84. The zero-order valence-corrected chi connectivity index (χ0v) is 16.6. The number of benzene rings is 2. The number of aromatic nitrogens is 3. The Balaban J connectivity index is 1.80. The first-order valence-electron chi connectivity index (χ1n) is 9.12. The van der Waals surface area contributed by atoms with Crippen molar-refractivity contribution in [3.63, 3.8) is 0 Å². The standard InChI is InChI=1S/C22H21N5S/c1-3-28-20-9-7-15(12-18(20)23)14-6-8-19-17(11-14)22(24-2)27-21(26-19)16-5-4-10-25-13-16/h4-13H,3,23H2,1-2H3,(H,24,26,27). The van der Waals surface area contributed by atoms with Crippen LogP contribution in [0.5, 0.6) is 0 Å². The van der Waals surface area contributed by atoms with Gasteiger partial charge in [-0.05, 0) is 53.3 Å². The Morgan fingerprint density at radius 3 is 2.54 bits per heavy atom. The van der Waals surface area contributed by atoms with Gasteiger partial charge in [-0.3, -0.25) is 4.98 Å². The summed E-state index contributed by atoms with van der Waals surface area (Å²) < 4.78 is 0. The number of nitrogens with zero attached hydrogens (tertiary/aromatic N) is 3. The number of nitrogens with two attached hydrogens (primary N) is 1. The molecule has 0 fully saturated rings. The monoisotopic (exact) mass is 387 g/mol. The molecular weight excluding hydrogens is 366 g/mol. The molecule has 0 radical (unpaired) electrons. The van der Waals surface area contributed by atoms with Crippen molar-refractivity contribution in [2.45, 2.75) is 11.8 Å². The van der Waals surface area contributed by atoms with Gasteiger partial charge in [0, 0.05) is 41.0 Å². The number of fused-ring (bicyclic) bond motifs is 1. The Hall–Kier alpha value is -3.12. The zero-order valence-electron chi connectivity index (χ0n) is 15.8. The average Bonchev–Trinajstić information content (AvgIpc) is 2.74. The first kappa shape index (κ1) is 18.3. The average molecular weight is 388 g/mol. The van der Waals surface area contributed by atoms with Gasteiger partial charge in [0.2, 0.25) is 0 Å². The molecule has 2 aromatic carbocycles. The van der Waals surface area contributed by atoms with Crippen LogP contribution in [0.4, 0.5) is 11.5 Å². The summed E-state index contributed by atoms with van der Waals surface area (Å²) in [4.78, 5) is 14.7. The van der Waals surface area contributed by atoms with Gasteiger partial charge < -0.3 is 11.1 Å². The SMILES string of the molecule is CCSc1ccc(-c2ccc3nc(-c4cccnc4)nc(NC)c3c2)cc1N. The van der Waals surface area contributed by atoms with Gasteiger partial charge in [0.25, 0.3) is 0 Å². The molecule has 4 aromatic rings. The molecule has 0 unspecified atom stereocenters. The number of hydrogen-bond acceptors (Lipinski definition) is 6. The van der Waals surface area contributed by atoms with E-state index in [1.807, 2.05) is 31.3 Å². The molecule has 28 heavy (non-hydrogen) atoms. The summed E-state index contributed by atoms with van der Waals surface area (Å²) in [5, 5.41) is 4.17. The molecule has 0 aliphatic rings. The van der Waals surface area contributed by atoms with Crippen molar-refractivity contribution < 1.29 is 0 Å². The number of rotatable bonds is 5. The molecule has 0 saturated heterocycles. The Morgan fingerprint density at radius 1 is 1.00 bits per heavy atom. The second kappa shape index (κ2) is 7.86. The number of pyridine rings is 1. The lowest BCUT2D eigenvalue weighted by atomic mass is 10.0. The topological polar surface area (TPSA) is 76.7 Å². The highest BCUT2D eigenvalue weighted by atomic mass is 32.2. The molecule has 0 aliphatic carbocycles. The molecule has 3 N–H and O–H groups in total. The third-order valence-corrected chi connectivity index (χ3v) is 5.47. The van der Waals surface area contributed by atoms with E-state index in [1.54, 1.807) is 24.2 Å². The first-order chi connectivity index (χ1) is 13.7. The molecule has 140 valence electrons. The van der Waals surface area contributed by atoms with E-state index in [0.29, 0.717) is 5.82 Å². The summed E-state index contributed by atoms with van der Waals surface area (Å²) in [6, 6.07) is 16.3. The maximum atomic E-state index is 6.23. The first-order valence-corrected chi connectivity index (χ1v) is 10.1. The van der Waals surface area contributed by atoms with E-state index < -0.39 is 0 Å². The van der Waals surface area contributed by atoms with Crippen molar-refractivity contribution in [3.8, 4) is 22.5 Å². The fraction of sp³-hybridized carbons (Fsp3) is 0.136. The number of thioether (sulfide) groups is 1. The van der Waals surface area contributed by atoms with Crippen LogP contribution in [-0.4, -0.2) is 27.8 Å². The van der Waals surface area contributed by atoms with Crippen LogP contribution in [0.2, 0.25) is 0 Å². The second-order valence-electron chi connectivity index (χ2n) is 6.31. The minimum atomic E-state index is 0.655. The van der Waals surface area contributed by atoms with E-state index in [9.17, 15) is 0 Å². The third-order valence-electron chi connectivity index (χ3n) is 4.50. The lowest BCUT2D eigenvalue weighted by Gasteiger charge is -2.11. The molecule has 0 atom stereocenters. The van der Waals surface area contributed by atoms with Gasteiger partial charge in [-0.1, -0.05) is 19.1 Å². The molecule has 0 bridgehead atoms. The highest BCUT2D eigenvalue weighted by Crippen LogP contribution is 2.33. The minimum Gasteiger partial charge on any atom is -0.398 e. The van der Waals surface area contributed by atoms with E-state index in [2.05, 4.69) is 41.5 Å². The number of nitrogen functional groups attached to an aromatic ring is 1. The molecule has 0 aliphatic heterocycles. The quantitative estimate of drug-likeness (QED) is 0.367. The smallest absolute Gasteiger partial charge is 0.163 e. The van der Waals surface area contributed by atoms with E-state index in [4.69, 9.17) is 15.7 Å². The van der Waals surface area contributed by atoms with Gasteiger partial charge in [0.15, 0.2) is 5.82 Å². The molecule has 0 amide bonds. The Morgan fingerprint density at radius 2 is 1.82 bits per heavy atom. The molecule has 0 spiro atoms. The van der Waals surface area contributed by atoms with Crippen molar-refractivity contribution in [1.29, 1.82) is 0 Å². The molecule has 6 heteroatoms. The Bertz CT molecular complexity index is 1130. The maximum absolute atomic E-state index is 6.23. The molecule has 5 nitrogen and oxygen atoms in total. The lowest BCUT2D eigenvalue weighted by Crippen LogP contribution is -1.99. The van der Waals surface area contributed by atoms with Crippen molar-refractivity contribution >= 4 is 34.2 Å². The minimum absolute atomic E-state index is 0.655. The van der Waals surface area contributed by atoms with E-state index in [1.165, 1.54) is 0 Å². The van der Waals surface area contributed by atoms with Crippen LogP contribution in [0.1, 0.15) is 6.92 Å².